The van der Waals surface area contributed by atoms with Gasteiger partial charge < -0.3 is 24.1 Å². The van der Waals surface area contributed by atoms with Gasteiger partial charge in [0.2, 0.25) is 0 Å². The zero-order chi connectivity index (χ0) is 21.7. The third kappa shape index (κ3) is 4.16. The Bertz CT molecular complexity index is 862. The zero-order valence-electron chi connectivity index (χ0n) is 17.9. The van der Waals surface area contributed by atoms with E-state index in [2.05, 4.69) is 4.90 Å². The summed E-state index contributed by atoms with van der Waals surface area (Å²) in [5, 5.41) is 9.64. The normalized spacial score (nSPS) is 17.8. The lowest BCUT2D eigenvalue weighted by Crippen LogP contribution is -2.41. The van der Waals surface area contributed by atoms with E-state index in [0.717, 1.165) is 24.1 Å². The standard InChI is InChI=1S/C23H29NO6/c1-27-17-10-6-11-18(28-2)20(17)21(24-13-7-8-15(14-24)23(25)26)16-9-5-12-19(29-3)22(16)30-4/h5-6,9-12,15,21H,7-8,13-14H2,1-4H3,(H,25,26). The van der Waals surface area contributed by atoms with Crippen LogP contribution >= 0.6 is 0 Å². The minimum atomic E-state index is -0.775. The van der Waals surface area contributed by atoms with Crippen molar-refractivity contribution in [2.24, 2.45) is 5.92 Å². The number of rotatable bonds is 8. The molecule has 7 nitrogen and oxygen atoms in total. The lowest BCUT2D eigenvalue weighted by Gasteiger charge is -2.39. The molecule has 0 saturated carbocycles. The molecule has 0 spiro atoms. The summed E-state index contributed by atoms with van der Waals surface area (Å²) < 4.78 is 22.6. The number of benzene rings is 2. The second-order valence-electron chi connectivity index (χ2n) is 7.23. The fourth-order valence-electron chi connectivity index (χ4n) is 4.25. The number of aliphatic carboxylic acids is 1. The van der Waals surface area contributed by atoms with Crippen LogP contribution in [0.5, 0.6) is 23.0 Å². The highest BCUT2D eigenvalue weighted by molar-refractivity contribution is 5.70. The van der Waals surface area contributed by atoms with E-state index in [0.29, 0.717) is 36.0 Å². The quantitative estimate of drug-likeness (QED) is 0.706. The van der Waals surface area contributed by atoms with Crippen LogP contribution in [-0.4, -0.2) is 57.5 Å². The average Bonchev–Trinajstić information content (AvgIpc) is 2.79. The largest absolute Gasteiger partial charge is 0.496 e. The van der Waals surface area contributed by atoms with Crippen LogP contribution in [0.3, 0.4) is 0 Å². The number of para-hydroxylation sites is 1. The van der Waals surface area contributed by atoms with Gasteiger partial charge in [-0.2, -0.15) is 0 Å². The summed E-state index contributed by atoms with van der Waals surface area (Å²) in [6.45, 7) is 1.16. The number of nitrogens with zero attached hydrogens (tertiary/aromatic N) is 1. The van der Waals surface area contributed by atoms with Crippen LogP contribution in [0.4, 0.5) is 0 Å². The third-order valence-electron chi connectivity index (χ3n) is 5.63. The molecule has 2 atom stereocenters. The van der Waals surface area contributed by atoms with Gasteiger partial charge in [0, 0.05) is 12.1 Å². The first-order chi connectivity index (χ1) is 14.5. The highest BCUT2D eigenvalue weighted by Crippen LogP contribution is 2.46. The molecule has 0 radical (unpaired) electrons. The number of likely N-dealkylation sites (tertiary alicyclic amines) is 1. The van der Waals surface area contributed by atoms with Crippen molar-refractivity contribution >= 4 is 5.97 Å². The van der Waals surface area contributed by atoms with E-state index in [1.165, 1.54) is 0 Å². The Morgan fingerprint density at radius 1 is 0.967 bits per heavy atom. The van der Waals surface area contributed by atoms with E-state index in [1.54, 1.807) is 28.4 Å². The molecule has 1 heterocycles. The first-order valence-corrected chi connectivity index (χ1v) is 9.94. The van der Waals surface area contributed by atoms with Crippen molar-refractivity contribution < 1.29 is 28.8 Å². The predicted octanol–water partition coefficient (Wildman–Crippen LogP) is 3.61. The Morgan fingerprint density at radius 2 is 1.57 bits per heavy atom. The number of hydrogen-bond donors (Lipinski definition) is 1. The van der Waals surface area contributed by atoms with Crippen LogP contribution < -0.4 is 18.9 Å². The Hall–Kier alpha value is -2.93. The molecule has 162 valence electrons. The second-order valence-corrected chi connectivity index (χ2v) is 7.23. The van der Waals surface area contributed by atoms with Gasteiger partial charge in [-0.15, -0.1) is 0 Å². The molecule has 0 aliphatic carbocycles. The average molecular weight is 415 g/mol. The molecule has 1 saturated heterocycles. The minimum Gasteiger partial charge on any atom is -0.496 e. The Labute approximate surface area is 177 Å². The van der Waals surface area contributed by atoms with Crippen LogP contribution in [0.25, 0.3) is 0 Å². The van der Waals surface area contributed by atoms with E-state index < -0.39 is 11.9 Å². The molecule has 3 rings (SSSR count). The number of carboxylic acid groups (broad SMARTS) is 1. The molecule has 1 N–H and O–H groups in total. The molecule has 2 unspecified atom stereocenters. The third-order valence-corrected chi connectivity index (χ3v) is 5.63. The van der Waals surface area contributed by atoms with Gasteiger partial charge in [0.1, 0.15) is 11.5 Å². The Morgan fingerprint density at radius 3 is 2.13 bits per heavy atom. The lowest BCUT2D eigenvalue weighted by atomic mass is 9.90. The molecular weight excluding hydrogens is 386 g/mol. The molecule has 1 aliphatic heterocycles. The van der Waals surface area contributed by atoms with Gasteiger partial charge >= 0.3 is 5.97 Å². The van der Waals surface area contributed by atoms with Gasteiger partial charge in [0.25, 0.3) is 0 Å². The van der Waals surface area contributed by atoms with Gasteiger partial charge in [-0.3, -0.25) is 9.69 Å². The van der Waals surface area contributed by atoms with Crippen molar-refractivity contribution in [3.63, 3.8) is 0 Å². The number of ether oxygens (including phenoxy) is 4. The highest BCUT2D eigenvalue weighted by Gasteiger charge is 2.36. The molecule has 30 heavy (non-hydrogen) atoms. The molecule has 2 aromatic rings. The number of carboxylic acids is 1. The molecule has 7 heteroatoms. The summed E-state index contributed by atoms with van der Waals surface area (Å²) in [5.41, 5.74) is 1.70. The number of carbonyl (C=O) groups is 1. The van der Waals surface area contributed by atoms with E-state index in [1.807, 2.05) is 36.4 Å². The predicted molar refractivity (Wildman–Crippen MR) is 113 cm³/mol. The van der Waals surface area contributed by atoms with Crippen molar-refractivity contribution in [3.8, 4) is 23.0 Å². The lowest BCUT2D eigenvalue weighted by molar-refractivity contribution is -0.143. The Kier molecular flexibility index (Phi) is 7.05. The monoisotopic (exact) mass is 415 g/mol. The maximum Gasteiger partial charge on any atom is 0.307 e. The van der Waals surface area contributed by atoms with E-state index in [9.17, 15) is 9.90 Å². The molecule has 1 fully saturated rings. The molecule has 2 aromatic carbocycles. The minimum absolute atomic E-state index is 0.330. The highest BCUT2D eigenvalue weighted by atomic mass is 16.5. The van der Waals surface area contributed by atoms with Crippen LogP contribution in [-0.2, 0) is 4.79 Å². The molecule has 1 aliphatic rings. The summed E-state index contributed by atoms with van der Waals surface area (Å²) in [5.74, 6) is 1.35. The maximum absolute atomic E-state index is 11.7. The SMILES string of the molecule is COc1cccc(C(c2c(OC)cccc2OC)N2CCCC(C(=O)O)C2)c1OC. The van der Waals surface area contributed by atoms with Gasteiger partial charge in [-0.1, -0.05) is 18.2 Å². The fourth-order valence-corrected chi connectivity index (χ4v) is 4.25. The zero-order valence-corrected chi connectivity index (χ0v) is 17.9. The fraction of sp³-hybridized carbons (Fsp3) is 0.435. The molecule has 0 bridgehead atoms. The van der Waals surface area contributed by atoms with Gasteiger partial charge in [0.15, 0.2) is 11.5 Å². The Balaban J connectivity index is 2.23. The van der Waals surface area contributed by atoms with Crippen LogP contribution in [0.1, 0.15) is 30.0 Å². The first-order valence-electron chi connectivity index (χ1n) is 9.94. The molecular formula is C23H29NO6. The van der Waals surface area contributed by atoms with Crippen molar-refractivity contribution in [1.29, 1.82) is 0 Å². The van der Waals surface area contributed by atoms with E-state index in [-0.39, 0.29) is 6.04 Å². The summed E-state index contributed by atoms with van der Waals surface area (Å²) >= 11 is 0. The van der Waals surface area contributed by atoms with Crippen LogP contribution in [0.2, 0.25) is 0 Å². The summed E-state index contributed by atoms with van der Waals surface area (Å²) in [6, 6.07) is 11.0. The van der Waals surface area contributed by atoms with Crippen molar-refractivity contribution in [2.75, 3.05) is 41.5 Å². The van der Waals surface area contributed by atoms with Gasteiger partial charge in [-0.25, -0.2) is 0 Å². The summed E-state index contributed by atoms with van der Waals surface area (Å²) in [4.78, 5) is 13.9. The second kappa shape index (κ2) is 9.71. The first kappa shape index (κ1) is 21.8. The molecule has 0 amide bonds. The van der Waals surface area contributed by atoms with Crippen molar-refractivity contribution in [3.05, 3.63) is 47.5 Å². The number of hydrogen-bond acceptors (Lipinski definition) is 6. The topological polar surface area (TPSA) is 77.5 Å². The van der Waals surface area contributed by atoms with Crippen LogP contribution in [0.15, 0.2) is 36.4 Å². The number of piperidine rings is 1. The number of methoxy groups -OCH3 is 4. The van der Waals surface area contributed by atoms with Crippen LogP contribution in [0, 0.1) is 5.92 Å². The van der Waals surface area contributed by atoms with E-state index >= 15 is 0 Å². The van der Waals surface area contributed by atoms with Crippen molar-refractivity contribution in [1.82, 2.24) is 4.90 Å². The molecule has 0 aromatic heterocycles. The smallest absolute Gasteiger partial charge is 0.307 e. The maximum atomic E-state index is 11.7. The summed E-state index contributed by atoms with van der Waals surface area (Å²) in [7, 11) is 6.44. The van der Waals surface area contributed by atoms with Crippen molar-refractivity contribution in [2.45, 2.75) is 18.9 Å². The summed E-state index contributed by atoms with van der Waals surface area (Å²) in [6.07, 6.45) is 1.45. The van der Waals surface area contributed by atoms with Gasteiger partial charge in [0.05, 0.1) is 46.0 Å². The van der Waals surface area contributed by atoms with E-state index in [4.69, 9.17) is 18.9 Å². The van der Waals surface area contributed by atoms with Gasteiger partial charge in [-0.05, 0) is 37.6 Å².